The van der Waals surface area contributed by atoms with Crippen LogP contribution in [0.3, 0.4) is 0 Å². The third-order valence-corrected chi connectivity index (χ3v) is 4.40. The molecule has 0 aliphatic heterocycles. The third-order valence-electron chi connectivity index (χ3n) is 3.19. The SMILES string of the molecule is OB(OB(O)c1ccccc1CBr)c1ccccc1CBr. The van der Waals surface area contributed by atoms with Gasteiger partial charge in [-0.2, -0.15) is 0 Å². The highest BCUT2D eigenvalue weighted by Crippen LogP contribution is 2.06. The second kappa shape index (κ2) is 8.15. The van der Waals surface area contributed by atoms with Crippen molar-refractivity contribution in [2.75, 3.05) is 0 Å². The molecule has 0 bridgehead atoms. The maximum Gasteiger partial charge on any atom is 0.478 e. The van der Waals surface area contributed by atoms with Crippen LogP contribution < -0.4 is 10.9 Å². The van der Waals surface area contributed by atoms with Gasteiger partial charge in [-0.1, -0.05) is 80.4 Å². The number of rotatable bonds is 6. The van der Waals surface area contributed by atoms with Crippen molar-refractivity contribution in [2.45, 2.75) is 10.7 Å². The Morgan fingerprint density at radius 3 is 1.52 bits per heavy atom. The highest BCUT2D eigenvalue weighted by molar-refractivity contribution is 9.08. The first kappa shape index (κ1) is 16.8. The van der Waals surface area contributed by atoms with Crippen molar-refractivity contribution in [3.8, 4) is 0 Å². The van der Waals surface area contributed by atoms with Crippen LogP contribution in [0.15, 0.2) is 48.5 Å². The Balaban J connectivity index is 2.17. The van der Waals surface area contributed by atoms with E-state index in [1.807, 2.05) is 36.4 Å². The van der Waals surface area contributed by atoms with Crippen molar-refractivity contribution in [3.63, 3.8) is 0 Å². The summed E-state index contributed by atoms with van der Waals surface area (Å²) in [7, 11) is -2.37. The molecule has 2 aromatic carbocycles. The highest BCUT2D eigenvalue weighted by atomic mass is 79.9. The average molecular weight is 412 g/mol. The van der Waals surface area contributed by atoms with E-state index in [9.17, 15) is 10.0 Å². The van der Waals surface area contributed by atoms with E-state index in [2.05, 4.69) is 31.9 Å². The second-order valence-electron chi connectivity index (χ2n) is 4.51. The van der Waals surface area contributed by atoms with Crippen molar-refractivity contribution in [3.05, 3.63) is 59.7 Å². The molecule has 0 aliphatic carbocycles. The Labute approximate surface area is 141 Å². The third kappa shape index (κ3) is 4.20. The van der Waals surface area contributed by atoms with Crippen LogP contribution in [0, 0.1) is 0 Å². The largest absolute Gasteiger partial charge is 0.478 e. The predicted molar refractivity (Wildman–Crippen MR) is 94.4 cm³/mol. The van der Waals surface area contributed by atoms with Crippen molar-refractivity contribution >= 4 is 57.0 Å². The molecule has 0 saturated carbocycles. The summed E-state index contributed by atoms with van der Waals surface area (Å²) in [5.74, 6) is 0. The second-order valence-corrected chi connectivity index (χ2v) is 5.63. The van der Waals surface area contributed by atoms with Crippen molar-refractivity contribution < 1.29 is 14.6 Å². The van der Waals surface area contributed by atoms with E-state index < -0.39 is 14.2 Å². The van der Waals surface area contributed by atoms with Gasteiger partial charge in [-0.15, -0.1) is 0 Å². The van der Waals surface area contributed by atoms with Gasteiger partial charge in [-0.3, -0.25) is 0 Å². The minimum absolute atomic E-state index is 0.609. The zero-order valence-corrected chi connectivity index (χ0v) is 14.4. The van der Waals surface area contributed by atoms with E-state index in [0.29, 0.717) is 21.6 Å². The molecule has 0 amide bonds. The van der Waals surface area contributed by atoms with Gasteiger partial charge in [0.1, 0.15) is 0 Å². The molecule has 2 aromatic rings. The first-order valence-electron chi connectivity index (χ1n) is 6.46. The molecule has 0 unspecified atom stereocenters. The van der Waals surface area contributed by atoms with E-state index in [0.717, 1.165) is 11.1 Å². The van der Waals surface area contributed by atoms with Crippen LogP contribution in [0.1, 0.15) is 11.1 Å². The van der Waals surface area contributed by atoms with Gasteiger partial charge >= 0.3 is 14.2 Å². The fourth-order valence-electron chi connectivity index (χ4n) is 2.06. The lowest BCUT2D eigenvalue weighted by Gasteiger charge is -2.16. The molecule has 0 fully saturated rings. The molecule has 0 saturated heterocycles. The van der Waals surface area contributed by atoms with Crippen LogP contribution in [-0.4, -0.2) is 24.3 Å². The molecule has 0 spiro atoms. The monoisotopic (exact) mass is 410 g/mol. The molecule has 0 atom stereocenters. The molecule has 0 heterocycles. The molecule has 0 aromatic heterocycles. The molecule has 2 rings (SSSR count). The van der Waals surface area contributed by atoms with Gasteiger partial charge in [0.15, 0.2) is 0 Å². The van der Waals surface area contributed by atoms with Crippen molar-refractivity contribution in [1.29, 1.82) is 0 Å². The van der Waals surface area contributed by atoms with Crippen LogP contribution in [0.5, 0.6) is 0 Å². The predicted octanol–water partition coefficient (Wildman–Crippen LogP) is 1.57. The summed E-state index contributed by atoms with van der Waals surface area (Å²) in [6, 6.07) is 14.8. The Hall–Kier alpha value is -0.590. The van der Waals surface area contributed by atoms with Crippen LogP contribution in [0.2, 0.25) is 0 Å². The quantitative estimate of drug-likeness (QED) is 0.560. The van der Waals surface area contributed by atoms with E-state index in [1.165, 1.54) is 0 Å². The smallest absolute Gasteiger partial charge is 0.443 e. The van der Waals surface area contributed by atoms with Gasteiger partial charge in [0.05, 0.1) is 0 Å². The first-order valence-corrected chi connectivity index (χ1v) is 8.70. The number of hydrogen-bond donors (Lipinski definition) is 2. The Bertz CT molecular complexity index is 546. The molecule has 108 valence electrons. The lowest BCUT2D eigenvalue weighted by Crippen LogP contribution is -2.46. The summed E-state index contributed by atoms with van der Waals surface area (Å²) >= 11 is 6.75. The summed E-state index contributed by atoms with van der Waals surface area (Å²) in [6.45, 7) is 0. The van der Waals surface area contributed by atoms with Gasteiger partial charge in [0.2, 0.25) is 0 Å². The lowest BCUT2D eigenvalue weighted by atomic mass is 9.69. The van der Waals surface area contributed by atoms with Crippen LogP contribution in [0.4, 0.5) is 0 Å². The van der Waals surface area contributed by atoms with Crippen molar-refractivity contribution in [2.24, 2.45) is 0 Å². The number of benzene rings is 2. The molecule has 3 nitrogen and oxygen atoms in total. The van der Waals surface area contributed by atoms with Gasteiger partial charge < -0.3 is 14.6 Å². The fraction of sp³-hybridized carbons (Fsp3) is 0.143. The number of halogens is 2. The van der Waals surface area contributed by atoms with Gasteiger partial charge in [0.25, 0.3) is 0 Å². The fourth-order valence-corrected chi connectivity index (χ4v) is 3.08. The summed E-state index contributed by atoms with van der Waals surface area (Å²) < 4.78 is 5.38. The molecule has 7 heteroatoms. The lowest BCUT2D eigenvalue weighted by molar-refractivity contribution is 0.378. The van der Waals surface area contributed by atoms with E-state index in [4.69, 9.17) is 4.57 Å². The Morgan fingerprint density at radius 2 is 1.14 bits per heavy atom. The van der Waals surface area contributed by atoms with E-state index in [1.54, 1.807) is 12.1 Å². The standard InChI is InChI=1S/C14H14B2Br2O3/c17-9-11-5-1-3-7-13(11)15(19)21-16(20)14-8-4-2-6-12(14)10-18/h1-8,19-20H,9-10H2. The average Bonchev–Trinajstić information content (AvgIpc) is 2.54. The minimum Gasteiger partial charge on any atom is -0.443 e. The zero-order valence-electron chi connectivity index (χ0n) is 11.2. The normalized spacial score (nSPS) is 10.5. The van der Waals surface area contributed by atoms with Gasteiger partial charge in [-0.25, -0.2) is 0 Å². The summed E-state index contributed by atoms with van der Waals surface area (Å²) in [5, 5.41) is 21.6. The van der Waals surface area contributed by atoms with Crippen LogP contribution >= 0.6 is 31.9 Å². The Morgan fingerprint density at radius 1 is 0.762 bits per heavy atom. The van der Waals surface area contributed by atoms with Gasteiger partial charge in [-0.05, 0) is 22.1 Å². The summed E-state index contributed by atoms with van der Waals surface area (Å²) in [6.07, 6.45) is 0. The maximum absolute atomic E-state index is 10.2. The maximum atomic E-state index is 10.2. The zero-order chi connectivity index (χ0) is 15.2. The molecular formula is C14H14B2Br2O3. The Kier molecular flexibility index (Phi) is 6.51. The topological polar surface area (TPSA) is 49.7 Å². The first-order chi connectivity index (χ1) is 10.2. The van der Waals surface area contributed by atoms with Gasteiger partial charge in [0, 0.05) is 10.7 Å². The van der Waals surface area contributed by atoms with Crippen molar-refractivity contribution in [1.82, 2.24) is 0 Å². The summed E-state index contributed by atoms with van der Waals surface area (Å²) in [5.41, 5.74) is 3.13. The minimum atomic E-state index is -1.18. The van der Waals surface area contributed by atoms with E-state index >= 15 is 0 Å². The number of alkyl halides is 2. The molecule has 0 radical (unpaired) electrons. The van der Waals surface area contributed by atoms with Crippen LogP contribution in [0.25, 0.3) is 0 Å². The number of hydrogen-bond acceptors (Lipinski definition) is 3. The molecule has 2 N–H and O–H groups in total. The van der Waals surface area contributed by atoms with Crippen LogP contribution in [-0.2, 0) is 15.2 Å². The highest BCUT2D eigenvalue weighted by Gasteiger charge is 2.28. The molecular weight excluding hydrogens is 398 g/mol. The molecule has 0 aliphatic rings. The molecule has 21 heavy (non-hydrogen) atoms. The van der Waals surface area contributed by atoms with E-state index in [-0.39, 0.29) is 0 Å². The summed E-state index contributed by atoms with van der Waals surface area (Å²) in [4.78, 5) is 0.